The number of phosphoric acid groups is 1. The van der Waals surface area contributed by atoms with Gasteiger partial charge in [0.05, 0.1) is 4.92 Å². The molecule has 0 aliphatic rings. The summed E-state index contributed by atoms with van der Waals surface area (Å²) in [7, 11) is -4.80. The van der Waals surface area contributed by atoms with Crippen molar-refractivity contribution < 1.29 is 28.8 Å². The van der Waals surface area contributed by atoms with Crippen molar-refractivity contribution in [2.45, 2.75) is 0 Å². The summed E-state index contributed by atoms with van der Waals surface area (Å²) in [5.74, 6) is -0.201. The van der Waals surface area contributed by atoms with E-state index in [0.717, 1.165) is 24.3 Å². The standard InChI is InChI=1S/C6H6NO7P/c8-7(9)5-1-3-6(4-2-5)13-15(11,12)14-10/h1-4,10H,(H,11,12)/p-1. The SMILES string of the molecule is O=[N+]([O-])c1ccc(OP(=O)([O-])OO)cc1. The maximum Gasteiger partial charge on any atom is 0.347 e. The number of rotatable bonds is 4. The number of benzene rings is 1. The Morgan fingerprint density at radius 2 is 1.87 bits per heavy atom. The lowest BCUT2D eigenvalue weighted by Gasteiger charge is -2.18. The van der Waals surface area contributed by atoms with E-state index in [9.17, 15) is 19.6 Å². The molecule has 0 amide bonds. The van der Waals surface area contributed by atoms with E-state index in [-0.39, 0.29) is 11.4 Å². The van der Waals surface area contributed by atoms with Gasteiger partial charge < -0.3 is 9.42 Å². The Balaban J connectivity index is 2.82. The van der Waals surface area contributed by atoms with Crippen molar-refractivity contribution in [3.63, 3.8) is 0 Å². The zero-order valence-corrected chi connectivity index (χ0v) is 7.99. The van der Waals surface area contributed by atoms with Crippen molar-refractivity contribution in [3.05, 3.63) is 34.4 Å². The average molecular weight is 234 g/mol. The molecular weight excluding hydrogens is 229 g/mol. The molecule has 0 aromatic heterocycles. The van der Waals surface area contributed by atoms with Crippen LogP contribution in [0.15, 0.2) is 24.3 Å². The van der Waals surface area contributed by atoms with Gasteiger partial charge in [0.25, 0.3) is 5.69 Å². The van der Waals surface area contributed by atoms with Crippen LogP contribution in [0.1, 0.15) is 0 Å². The molecule has 0 bridgehead atoms. The fraction of sp³-hybridized carbons (Fsp3) is 0. The largest absolute Gasteiger partial charge is 0.744 e. The van der Waals surface area contributed by atoms with Gasteiger partial charge in [0.2, 0.25) is 0 Å². The van der Waals surface area contributed by atoms with Crippen LogP contribution in [-0.4, -0.2) is 10.2 Å². The van der Waals surface area contributed by atoms with E-state index in [2.05, 4.69) is 9.20 Å². The first-order valence-electron chi connectivity index (χ1n) is 3.53. The topological polar surface area (TPSA) is 122 Å². The van der Waals surface area contributed by atoms with E-state index >= 15 is 0 Å². The second-order valence-electron chi connectivity index (χ2n) is 2.37. The highest BCUT2D eigenvalue weighted by atomic mass is 31.2. The molecule has 1 unspecified atom stereocenters. The van der Waals surface area contributed by atoms with E-state index < -0.39 is 12.7 Å². The van der Waals surface area contributed by atoms with Crippen LogP contribution in [0, 0.1) is 10.1 Å². The van der Waals surface area contributed by atoms with Crippen molar-refractivity contribution in [1.29, 1.82) is 0 Å². The second-order valence-corrected chi connectivity index (χ2v) is 3.61. The summed E-state index contributed by atoms with van der Waals surface area (Å²) in [5, 5.41) is 18.1. The van der Waals surface area contributed by atoms with Gasteiger partial charge in [-0.2, -0.15) is 4.67 Å². The second kappa shape index (κ2) is 4.37. The molecule has 0 fully saturated rings. The maximum atomic E-state index is 10.6. The summed E-state index contributed by atoms with van der Waals surface area (Å²) in [5.41, 5.74) is -0.215. The summed E-state index contributed by atoms with van der Waals surface area (Å²) in [6.07, 6.45) is 0. The molecule has 0 saturated heterocycles. The molecule has 8 nitrogen and oxygen atoms in total. The molecule has 0 spiro atoms. The van der Waals surface area contributed by atoms with Crippen LogP contribution in [0.3, 0.4) is 0 Å². The molecule has 1 N–H and O–H groups in total. The monoisotopic (exact) mass is 234 g/mol. The number of nitro benzene ring substituents is 1. The zero-order chi connectivity index (χ0) is 11.5. The van der Waals surface area contributed by atoms with Gasteiger partial charge in [0.15, 0.2) is 0 Å². The van der Waals surface area contributed by atoms with Gasteiger partial charge in [-0.1, -0.05) is 0 Å². The van der Waals surface area contributed by atoms with Crippen LogP contribution in [-0.2, 0) is 9.24 Å². The molecular formula is C6H5NO7P-. The van der Waals surface area contributed by atoms with E-state index in [4.69, 9.17) is 5.26 Å². The third-order valence-corrected chi connectivity index (χ3v) is 2.00. The van der Waals surface area contributed by atoms with Gasteiger partial charge in [-0.05, 0) is 12.1 Å². The molecule has 0 aliphatic heterocycles. The van der Waals surface area contributed by atoms with Gasteiger partial charge >= 0.3 is 7.82 Å². The van der Waals surface area contributed by atoms with Gasteiger partial charge in [-0.3, -0.25) is 14.7 Å². The normalized spacial score (nSPS) is 14.3. The van der Waals surface area contributed by atoms with Gasteiger partial charge in [0, 0.05) is 12.1 Å². The Bertz CT molecular complexity index is 402. The summed E-state index contributed by atoms with van der Waals surface area (Å²) < 4.78 is 17.8. The number of non-ortho nitro benzene ring substituents is 1. The Kier molecular flexibility index (Phi) is 3.38. The van der Waals surface area contributed by atoms with Crippen molar-refractivity contribution in [2.75, 3.05) is 0 Å². The summed E-state index contributed by atoms with van der Waals surface area (Å²) >= 11 is 0. The predicted molar refractivity (Wildman–Crippen MR) is 45.0 cm³/mol. The number of nitro groups is 1. The fourth-order valence-electron chi connectivity index (χ4n) is 0.774. The highest BCUT2D eigenvalue weighted by Crippen LogP contribution is 2.38. The summed E-state index contributed by atoms with van der Waals surface area (Å²) in [6.45, 7) is 0. The zero-order valence-electron chi connectivity index (χ0n) is 7.10. The number of nitrogens with zero attached hydrogens (tertiary/aromatic N) is 1. The van der Waals surface area contributed by atoms with Crippen LogP contribution in [0.25, 0.3) is 0 Å². The van der Waals surface area contributed by atoms with Gasteiger partial charge in [-0.15, -0.1) is 0 Å². The third kappa shape index (κ3) is 3.30. The summed E-state index contributed by atoms with van der Waals surface area (Å²) in [6, 6.07) is 4.21. The lowest BCUT2D eigenvalue weighted by atomic mass is 10.3. The molecule has 0 aliphatic carbocycles. The predicted octanol–water partition coefficient (Wildman–Crippen LogP) is 0.932. The van der Waals surface area contributed by atoms with E-state index in [1.54, 1.807) is 0 Å². The maximum absolute atomic E-state index is 10.6. The first-order valence-corrected chi connectivity index (χ1v) is 4.99. The minimum Gasteiger partial charge on any atom is -0.744 e. The van der Waals surface area contributed by atoms with Crippen molar-refractivity contribution in [3.8, 4) is 5.75 Å². The quantitative estimate of drug-likeness (QED) is 0.355. The molecule has 9 heteroatoms. The Morgan fingerprint density at radius 3 is 2.27 bits per heavy atom. The number of phosphoric ester groups is 1. The molecule has 1 aromatic carbocycles. The van der Waals surface area contributed by atoms with Crippen LogP contribution in [0.5, 0.6) is 5.75 Å². The average Bonchev–Trinajstić information content (AvgIpc) is 2.18. The lowest BCUT2D eigenvalue weighted by molar-refractivity contribution is -0.384. The molecule has 15 heavy (non-hydrogen) atoms. The highest BCUT2D eigenvalue weighted by Gasteiger charge is 2.11. The van der Waals surface area contributed by atoms with Gasteiger partial charge in [-0.25, -0.2) is 5.26 Å². The molecule has 0 radical (unpaired) electrons. The first kappa shape index (κ1) is 11.6. The minimum atomic E-state index is -4.80. The molecule has 1 rings (SSSR count). The molecule has 1 atom stereocenters. The van der Waals surface area contributed by atoms with Crippen LogP contribution >= 0.6 is 7.82 Å². The Hall–Kier alpha value is -1.47. The van der Waals surface area contributed by atoms with Crippen LogP contribution in [0.2, 0.25) is 0 Å². The third-order valence-electron chi connectivity index (χ3n) is 1.36. The Morgan fingerprint density at radius 1 is 1.33 bits per heavy atom. The first-order chi connectivity index (χ1) is 6.94. The molecule has 0 saturated carbocycles. The minimum absolute atomic E-state index is 0.201. The van der Waals surface area contributed by atoms with Crippen molar-refractivity contribution >= 4 is 13.5 Å². The van der Waals surface area contributed by atoms with E-state index in [1.165, 1.54) is 0 Å². The lowest BCUT2D eigenvalue weighted by Crippen LogP contribution is -2.08. The van der Waals surface area contributed by atoms with Crippen LogP contribution < -0.4 is 9.42 Å². The van der Waals surface area contributed by atoms with Crippen molar-refractivity contribution in [2.24, 2.45) is 0 Å². The van der Waals surface area contributed by atoms with Gasteiger partial charge in [0.1, 0.15) is 5.75 Å². The van der Waals surface area contributed by atoms with Crippen molar-refractivity contribution in [1.82, 2.24) is 0 Å². The number of hydrogen-bond acceptors (Lipinski definition) is 7. The fourth-order valence-corrected chi connectivity index (χ4v) is 1.19. The molecule has 0 heterocycles. The van der Waals surface area contributed by atoms with Crippen LogP contribution in [0.4, 0.5) is 5.69 Å². The molecule has 82 valence electrons. The summed E-state index contributed by atoms with van der Waals surface area (Å²) in [4.78, 5) is 20.2. The smallest absolute Gasteiger partial charge is 0.347 e. The Labute approximate surface area is 83.4 Å². The molecule has 1 aromatic rings. The number of hydrogen-bond donors (Lipinski definition) is 1. The highest BCUT2D eigenvalue weighted by molar-refractivity contribution is 7.46. The van der Waals surface area contributed by atoms with E-state index in [1.807, 2.05) is 0 Å². The van der Waals surface area contributed by atoms with E-state index in [0.29, 0.717) is 0 Å².